The summed E-state index contributed by atoms with van der Waals surface area (Å²) >= 11 is 1.45. The fourth-order valence-corrected chi connectivity index (χ4v) is 2.99. The largest absolute Gasteiger partial charge is 0.352 e. The van der Waals surface area contributed by atoms with Crippen molar-refractivity contribution in [2.75, 3.05) is 11.9 Å². The summed E-state index contributed by atoms with van der Waals surface area (Å²) in [4.78, 5) is 24.6. The zero-order chi connectivity index (χ0) is 17.5. The molecule has 0 unspecified atom stereocenters. The van der Waals surface area contributed by atoms with E-state index < -0.39 is 0 Å². The van der Waals surface area contributed by atoms with Crippen LogP contribution in [0.4, 0.5) is 5.69 Å². The third kappa shape index (κ3) is 4.54. The van der Waals surface area contributed by atoms with Gasteiger partial charge in [0.1, 0.15) is 0 Å². The first-order valence-electron chi connectivity index (χ1n) is 7.92. The third-order valence-electron chi connectivity index (χ3n) is 3.61. The summed E-state index contributed by atoms with van der Waals surface area (Å²) < 4.78 is 1.82. The number of thiophene rings is 1. The number of rotatable bonds is 7. The number of nitrogens with zero attached hydrogens (tertiary/aromatic N) is 2. The summed E-state index contributed by atoms with van der Waals surface area (Å²) in [6.45, 7) is 1.27. The summed E-state index contributed by atoms with van der Waals surface area (Å²) in [5.74, 6) is -0.429. The lowest BCUT2D eigenvalue weighted by Crippen LogP contribution is -2.26. The first-order chi connectivity index (χ1) is 12.2. The Balaban J connectivity index is 1.57. The van der Waals surface area contributed by atoms with Gasteiger partial charge in [0.2, 0.25) is 0 Å². The zero-order valence-electron chi connectivity index (χ0n) is 13.5. The second-order valence-corrected chi connectivity index (χ2v) is 6.17. The molecule has 3 rings (SSSR count). The molecule has 0 aliphatic carbocycles. The molecule has 7 heteroatoms. The molecule has 6 nitrogen and oxygen atoms in total. The van der Waals surface area contributed by atoms with Gasteiger partial charge < -0.3 is 10.6 Å². The van der Waals surface area contributed by atoms with Crippen molar-refractivity contribution in [3.8, 4) is 0 Å². The number of aryl methyl sites for hydroxylation is 1. The Morgan fingerprint density at radius 3 is 2.76 bits per heavy atom. The lowest BCUT2D eigenvalue weighted by atomic mass is 10.1. The Hall–Kier alpha value is -2.93. The summed E-state index contributed by atoms with van der Waals surface area (Å²) in [5.41, 5.74) is 1.54. The Kier molecular flexibility index (Phi) is 5.58. The number of aromatic nitrogens is 2. The summed E-state index contributed by atoms with van der Waals surface area (Å²) in [6.07, 6.45) is 4.39. The first kappa shape index (κ1) is 16.9. The molecule has 2 amide bonds. The van der Waals surface area contributed by atoms with Gasteiger partial charge in [0, 0.05) is 30.9 Å². The van der Waals surface area contributed by atoms with Crippen molar-refractivity contribution in [2.45, 2.75) is 13.0 Å². The topological polar surface area (TPSA) is 76.0 Å². The number of anilines is 1. The Bertz CT molecular complexity index is 829. The van der Waals surface area contributed by atoms with Crippen LogP contribution in [0.1, 0.15) is 27.1 Å². The van der Waals surface area contributed by atoms with Gasteiger partial charge in [-0.05, 0) is 36.1 Å². The summed E-state index contributed by atoms with van der Waals surface area (Å²) in [7, 11) is 0. The number of benzene rings is 1. The van der Waals surface area contributed by atoms with E-state index in [1.807, 2.05) is 22.3 Å². The SMILES string of the molecule is O=C(Nc1ccccc1C(=O)NCCCn1cccn1)c1ccsc1. The Morgan fingerprint density at radius 1 is 1.12 bits per heavy atom. The molecule has 128 valence electrons. The van der Waals surface area contributed by atoms with E-state index in [0.717, 1.165) is 13.0 Å². The third-order valence-corrected chi connectivity index (χ3v) is 4.30. The van der Waals surface area contributed by atoms with Crippen molar-refractivity contribution in [2.24, 2.45) is 0 Å². The summed E-state index contributed by atoms with van der Waals surface area (Å²) in [5, 5.41) is 13.4. The first-order valence-corrected chi connectivity index (χ1v) is 8.86. The molecule has 0 spiro atoms. The minimum absolute atomic E-state index is 0.207. The maximum Gasteiger partial charge on any atom is 0.256 e. The molecule has 0 aliphatic heterocycles. The summed E-state index contributed by atoms with van der Waals surface area (Å²) in [6, 6.07) is 10.6. The van der Waals surface area contributed by atoms with Crippen LogP contribution in [0.25, 0.3) is 0 Å². The van der Waals surface area contributed by atoms with Crippen molar-refractivity contribution < 1.29 is 9.59 Å². The average molecular weight is 354 g/mol. The Labute approximate surface area is 149 Å². The van der Waals surface area contributed by atoms with Crippen LogP contribution in [0, 0.1) is 0 Å². The van der Waals surface area contributed by atoms with E-state index in [0.29, 0.717) is 23.4 Å². The van der Waals surface area contributed by atoms with Crippen LogP contribution < -0.4 is 10.6 Å². The number of para-hydroxylation sites is 1. The molecule has 0 fully saturated rings. The maximum absolute atomic E-state index is 12.4. The molecule has 25 heavy (non-hydrogen) atoms. The molecule has 3 aromatic rings. The highest BCUT2D eigenvalue weighted by atomic mass is 32.1. The van der Waals surface area contributed by atoms with E-state index in [-0.39, 0.29) is 11.8 Å². The van der Waals surface area contributed by atoms with Crippen molar-refractivity contribution in [3.63, 3.8) is 0 Å². The molecule has 2 aromatic heterocycles. The van der Waals surface area contributed by atoms with Crippen LogP contribution >= 0.6 is 11.3 Å². The van der Waals surface area contributed by atoms with Gasteiger partial charge >= 0.3 is 0 Å². The van der Waals surface area contributed by atoms with E-state index in [4.69, 9.17) is 0 Å². The van der Waals surface area contributed by atoms with E-state index in [1.165, 1.54) is 11.3 Å². The number of amides is 2. The highest BCUT2D eigenvalue weighted by molar-refractivity contribution is 7.08. The maximum atomic E-state index is 12.4. The quantitative estimate of drug-likeness (QED) is 0.640. The van der Waals surface area contributed by atoms with Crippen LogP contribution in [0.2, 0.25) is 0 Å². The van der Waals surface area contributed by atoms with Gasteiger partial charge in [-0.2, -0.15) is 16.4 Å². The molecule has 2 N–H and O–H groups in total. The molecule has 2 heterocycles. The van der Waals surface area contributed by atoms with Gasteiger partial charge in [0.05, 0.1) is 16.8 Å². The molecule has 0 atom stereocenters. The van der Waals surface area contributed by atoms with Crippen LogP contribution in [0.3, 0.4) is 0 Å². The van der Waals surface area contributed by atoms with Crippen LogP contribution in [-0.2, 0) is 6.54 Å². The number of nitrogens with one attached hydrogen (secondary N) is 2. The molecule has 0 saturated heterocycles. The zero-order valence-corrected chi connectivity index (χ0v) is 14.3. The highest BCUT2D eigenvalue weighted by Gasteiger charge is 2.13. The number of carbonyl (C=O) groups excluding carboxylic acids is 2. The van der Waals surface area contributed by atoms with Gasteiger partial charge in [-0.1, -0.05) is 12.1 Å². The lowest BCUT2D eigenvalue weighted by Gasteiger charge is -2.11. The normalized spacial score (nSPS) is 10.4. The predicted molar refractivity (Wildman–Crippen MR) is 97.9 cm³/mol. The van der Waals surface area contributed by atoms with Crippen LogP contribution in [0.15, 0.2) is 59.6 Å². The molecule has 0 bridgehead atoms. The standard InChI is InChI=1S/C18H18N4O2S/c23-17(14-7-12-25-13-14)21-16-6-2-1-5-15(16)18(24)19-8-3-10-22-11-4-9-20-22/h1-2,4-7,9,11-13H,3,8,10H2,(H,19,24)(H,21,23). The smallest absolute Gasteiger partial charge is 0.256 e. The minimum Gasteiger partial charge on any atom is -0.352 e. The fraction of sp³-hybridized carbons (Fsp3) is 0.167. The molecule has 0 radical (unpaired) electrons. The molecule has 1 aromatic carbocycles. The minimum atomic E-state index is -0.222. The second-order valence-electron chi connectivity index (χ2n) is 5.39. The van der Waals surface area contributed by atoms with E-state index in [9.17, 15) is 9.59 Å². The fourth-order valence-electron chi connectivity index (χ4n) is 2.35. The van der Waals surface area contributed by atoms with Crippen molar-refractivity contribution in [3.05, 3.63) is 70.7 Å². The molecule has 0 aliphatic rings. The Morgan fingerprint density at radius 2 is 2.00 bits per heavy atom. The highest BCUT2D eigenvalue weighted by Crippen LogP contribution is 2.17. The van der Waals surface area contributed by atoms with Crippen LogP contribution in [-0.4, -0.2) is 28.1 Å². The van der Waals surface area contributed by atoms with Crippen molar-refractivity contribution in [1.82, 2.24) is 15.1 Å². The number of hydrogen-bond donors (Lipinski definition) is 2. The second kappa shape index (κ2) is 8.25. The van der Waals surface area contributed by atoms with Crippen molar-refractivity contribution >= 4 is 28.8 Å². The van der Waals surface area contributed by atoms with Gasteiger partial charge in [0.25, 0.3) is 11.8 Å². The van der Waals surface area contributed by atoms with Crippen molar-refractivity contribution in [1.29, 1.82) is 0 Å². The van der Waals surface area contributed by atoms with E-state index in [1.54, 1.807) is 41.9 Å². The van der Waals surface area contributed by atoms with Gasteiger partial charge in [0.15, 0.2) is 0 Å². The number of carbonyl (C=O) groups is 2. The van der Waals surface area contributed by atoms with Gasteiger partial charge in [-0.3, -0.25) is 14.3 Å². The monoisotopic (exact) mass is 354 g/mol. The average Bonchev–Trinajstić information content (AvgIpc) is 3.32. The molecule has 0 saturated carbocycles. The molecular formula is C18H18N4O2S. The predicted octanol–water partition coefficient (Wildman–Crippen LogP) is 3.02. The van der Waals surface area contributed by atoms with Crippen LogP contribution in [0.5, 0.6) is 0 Å². The van der Waals surface area contributed by atoms with E-state index in [2.05, 4.69) is 15.7 Å². The lowest BCUT2D eigenvalue weighted by molar-refractivity contribution is 0.0953. The van der Waals surface area contributed by atoms with Gasteiger partial charge in [-0.25, -0.2) is 0 Å². The number of hydrogen-bond acceptors (Lipinski definition) is 4. The molecular weight excluding hydrogens is 336 g/mol. The van der Waals surface area contributed by atoms with E-state index >= 15 is 0 Å². The van der Waals surface area contributed by atoms with Gasteiger partial charge in [-0.15, -0.1) is 0 Å².